The number of aliphatic carboxylic acids is 1. The SMILES string of the molecule is CC/C=C\C/C=C\C/C=C\C/C=C\C/C=C\CCCCCCCCCCCCCCCCCCCCCCCCCC(=O)OC(COC(=O)CCCCCCCCCCCCCCCCCCCCCCC/C=C\C/C=C\C/C=C\C/C=C\C/C=C\CC)COC(OCC[N+](C)(C)C)C(=O)[O-]. The number of unbranched alkanes of at least 4 members (excludes halogenated alkanes) is 44. The Labute approximate surface area is 625 Å². The van der Waals surface area contributed by atoms with Crippen LogP contribution in [0.3, 0.4) is 0 Å². The highest BCUT2D eigenvalue weighted by Gasteiger charge is 2.22. The monoisotopic (exact) mass is 1410 g/mol. The van der Waals surface area contributed by atoms with Crippen molar-refractivity contribution < 1.29 is 42.9 Å². The minimum absolute atomic E-state index is 0.147. The number of allylic oxidation sites excluding steroid dienone is 20. The van der Waals surface area contributed by atoms with Crippen molar-refractivity contribution in [1.29, 1.82) is 0 Å². The van der Waals surface area contributed by atoms with Gasteiger partial charge in [0.2, 0.25) is 0 Å². The maximum absolute atomic E-state index is 13.0. The molecule has 0 saturated heterocycles. The summed E-state index contributed by atoms with van der Waals surface area (Å²) in [6.45, 7) is 4.57. The molecule has 0 aliphatic carbocycles. The molecule has 0 saturated carbocycles. The van der Waals surface area contributed by atoms with Gasteiger partial charge in [0, 0.05) is 12.8 Å². The molecule has 0 aromatic carbocycles. The summed E-state index contributed by atoms with van der Waals surface area (Å²) in [4.78, 5) is 37.7. The Morgan fingerprint density at radius 1 is 0.297 bits per heavy atom. The van der Waals surface area contributed by atoms with Gasteiger partial charge >= 0.3 is 11.9 Å². The number of likely N-dealkylation sites (N-methyl/N-ethyl adjacent to an activating group) is 1. The van der Waals surface area contributed by atoms with Gasteiger partial charge in [0.15, 0.2) is 12.4 Å². The van der Waals surface area contributed by atoms with Crippen molar-refractivity contribution in [2.45, 2.75) is 399 Å². The maximum Gasteiger partial charge on any atom is 0.306 e. The van der Waals surface area contributed by atoms with Crippen LogP contribution in [0, 0.1) is 0 Å². The molecule has 0 bridgehead atoms. The third kappa shape index (κ3) is 82.8. The highest BCUT2D eigenvalue weighted by atomic mass is 16.7. The molecule has 0 spiro atoms. The summed E-state index contributed by atoms with van der Waals surface area (Å²) < 4.78 is 22.9. The fourth-order valence-electron chi connectivity index (χ4n) is 12.3. The van der Waals surface area contributed by atoms with Crippen LogP contribution in [0.1, 0.15) is 386 Å². The molecular formula is C92H161NO8. The van der Waals surface area contributed by atoms with Gasteiger partial charge in [-0.1, -0.05) is 392 Å². The molecule has 2 atom stereocenters. The van der Waals surface area contributed by atoms with E-state index >= 15 is 0 Å². The molecule has 0 heterocycles. The van der Waals surface area contributed by atoms with Gasteiger partial charge in [-0.3, -0.25) is 9.59 Å². The Morgan fingerprint density at radius 2 is 0.535 bits per heavy atom. The second kappa shape index (κ2) is 81.4. The first-order valence-electron chi connectivity index (χ1n) is 42.7. The summed E-state index contributed by atoms with van der Waals surface area (Å²) in [5, 5.41) is 11.9. The van der Waals surface area contributed by atoms with Gasteiger partial charge in [-0.25, -0.2) is 0 Å². The molecule has 582 valence electrons. The van der Waals surface area contributed by atoms with Gasteiger partial charge in [-0.15, -0.1) is 0 Å². The zero-order valence-corrected chi connectivity index (χ0v) is 66.8. The molecule has 9 heteroatoms. The van der Waals surface area contributed by atoms with E-state index in [-0.39, 0.29) is 32.2 Å². The predicted molar refractivity (Wildman–Crippen MR) is 435 cm³/mol. The lowest BCUT2D eigenvalue weighted by molar-refractivity contribution is -0.870. The second-order valence-electron chi connectivity index (χ2n) is 29.7. The minimum Gasteiger partial charge on any atom is -0.545 e. The summed E-state index contributed by atoms with van der Waals surface area (Å²) in [6.07, 6.45) is 113. The predicted octanol–water partition coefficient (Wildman–Crippen LogP) is 26.5. The number of carboxylic acids is 1. The smallest absolute Gasteiger partial charge is 0.306 e. The van der Waals surface area contributed by atoms with Crippen molar-refractivity contribution in [3.05, 3.63) is 122 Å². The van der Waals surface area contributed by atoms with E-state index in [1.54, 1.807) is 0 Å². The van der Waals surface area contributed by atoms with Crippen LogP contribution in [-0.4, -0.2) is 82.3 Å². The number of hydrogen-bond donors (Lipinski definition) is 0. The Balaban J connectivity index is 3.95. The highest BCUT2D eigenvalue weighted by molar-refractivity contribution is 5.70. The average Bonchev–Trinajstić information content (AvgIpc) is 1.21. The van der Waals surface area contributed by atoms with E-state index in [1.807, 2.05) is 21.1 Å². The summed E-state index contributed by atoms with van der Waals surface area (Å²) in [6, 6.07) is 0. The first-order valence-corrected chi connectivity index (χ1v) is 42.7. The number of hydrogen-bond acceptors (Lipinski definition) is 8. The number of nitrogens with zero attached hydrogens (tertiary/aromatic N) is 1. The number of quaternary nitrogens is 1. The van der Waals surface area contributed by atoms with Gasteiger partial charge in [0.25, 0.3) is 0 Å². The van der Waals surface area contributed by atoms with E-state index in [0.717, 1.165) is 96.3 Å². The van der Waals surface area contributed by atoms with Gasteiger partial charge in [0.1, 0.15) is 13.2 Å². The molecule has 0 N–H and O–H groups in total. The van der Waals surface area contributed by atoms with Crippen molar-refractivity contribution in [3.63, 3.8) is 0 Å². The van der Waals surface area contributed by atoms with Gasteiger partial charge in [0.05, 0.1) is 40.3 Å². The van der Waals surface area contributed by atoms with Crippen LogP contribution in [0.2, 0.25) is 0 Å². The van der Waals surface area contributed by atoms with E-state index < -0.39 is 24.3 Å². The third-order valence-electron chi connectivity index (χ3n) is 18.7. The summed E-state index contributed by atoms with van der Waals surface area (Å²) in [5.41, 5.74) is 0. The third-order valence-corrected chi connectivity index (χ3v) is 18.7. The zero-order valence-electron chi connectivity index (χ0n) is 66.8. The van der Waals surface area contributed by atoms with E-state index in [9.17, 15) is 19.5 Å². The van der Waals surface area contributed by atoms with Crippen molar-refractivity contribution >= 4 is 17.9 Å². The summed E-state index contributed by atoms with van der Waals surface area (Å²) in [5.74, 6) is -2.26. The van der Waals surface area contributed by atoms with Crippen LogP contribution in [0.25, 0.3) is 0 Å². The van der Waals surface area contributed by atoms with Crippen molar-refractivity contribution in [3.8, 4) is 0 Å². The number of esters is 2. The van der Waals surface area contributed by atoms with Crippen LogP contribution in [0.15, 0.2) is 122 Å². The largest absolute Gasteiger partial charge is 0.545 e. The molecule has 0 rings (SSSR count). The topological polar surface area (TPSA) is 111 Å². The standard InChI is InChI=1S/C92H161NO8/c1-6-8-10-12-14-16-18-20-22-24-26-28-30-32-34-36-38-40-42-44-45-47-49-51-53-55-57-59-61-63-65-67-69-71-73-75-77-79-81-83-90(95)101-88(87-100-92(91(96)97)98-85-84-93(3,4)5)86-99-89(94)82-80-78-76-74-72-70-68-66-64-62-60-58-56-54-52-50-48-46-43-41-39-37-35-33-31-29-27-25-23-21-19-17-15-13-11-9-7-2/h8-11,14-17,20-23,26-29,32-35,88,92H,6-7,12-13,18-19,24-25,30-31,36-87H2,1-5H3/b10-8-,11-9-,16-14-,17-15-,22-20-,23-21-,28-26-,29-27-,34-32-,35-33-. The Morgan fingerprint density at radius 3 is 0.792 bits per heavy atom. The molecule has 0 aromatic heterocycles. The molecule has 0 aromatic rings. The van der Waals surface area contributed by atoms with E-state index in [2.05, 4.69) is 135 Å². The normalized spacial score (nSPS) is 13.2. The fraction of sp³-hybridized carbons (Fsp3) is 0.750. The number of carbonyl (C=O) groups is 3. The fourth-order valence-corrected chi connectivity index (χ4v) is 12.3. The Kier molecular flexibility index (Phi) is 77.9. The number of ether oxygens (including phenoxy) is 4. The lowest BCUT2D eigenvalue weighted by atomic mass is 10.0. The molecular weight excluding hydrogens is 1250 g/mol. The number of rotatable bonds is 79. The van der Waals surface area contributed by atoms with Crippen molar-refractivity contribution in [2.75, 3.05) is 47.5 Å². The molecule has 0 fully saturated rings. The van der Waals surface area contributed by atoms with E-state index in [0.29, 0.717) is 23.9 Å². The second-order valence-corrected chi connectivity index (χ2v) is 29.7. The molecule has 2 unspecified atom stereocenters. The van der Waals surface area contributed by atoms with Gasteiger partial charge in [-0.2, -0.15) is 0 Å². The van der Waals surface area contributed by atoms with E-state index in [4.69, 9.17) is 18.9 Å². The molecule has 9 nitrogen and oxygen atoms in total. The van der Waals surface area contributed by atoms with Crippen molar-refractivity contribution in [2.24, 2.45) is 0 Å². The van der Waals surface area contributed by atoms with E-state index in [1.165, 1.54) is 257 Å². The first-order chi connectivity index (χ1) is 49.6. The number of carboxylic acid groups (broad SMARTS) is 1. The number of carbonyl (C=O) groups excluding carboxylic acids is 3. The van der Waals surface area contributed by atoms with Crippen LogP contribution >= 0.6 is 0 Å². The lowest BCUT2D eigenvalue weighted by Crippen LogP contribution is -2.44. The molecule has 0 aliphatic rings. The first kappa shape index (κ1) is 96.7. The summed E-state index contributed by atoms with van der Waals surface area (Å²) in [7, 11) is 5.95. The van der Waals surface area contributed by atoms with Crippen molar-refractivity contribution in [1.82, 2.24) is 0 Å². The quantitative estimate of drug-likeness (QED) is 0.0195. The van der Waals surface area contributed by atoms with Gasteiger partial charge < -0.3 is 33.3 Å². The van der Waals surface area contributed by atoms with Crippen LogP contribution in [0.5, 0.6) is 0 Å². The molecule has 0 amide bonds. The highest BCUT2D eigenvalue weighted by Crippen LogP contribution is 2.20. The molecule has 0 aliphatic heterocycles. The Bertz CT molecular complexity index is 2090. The molecule has 101 heavy (non-hydrogen) atoms. The van der Waals surface area contributed by atoms with Gasteiger partial charge in [-0.05, 0) is 103 Å². The maximum atomic E-state index is 13.0. The lowest BCUT2D eigenvalue weighted by Gasteiger charge is -2.26. The minimum atomic E-state index is -1.62. The van der Waals surface area contributed by atoms with Crippen LogP contribution in [0.4, 0.5) is 0 Å². The zero-order chi connectivity index (χ0) is 73.2. The Hall–Kier alpha value is -4.31. The van der Waals surface area contributed by atoms with Crippen LogP contribution < -0.4 is 5.11 Å². The van der Waals surface area contributed by atoms with Crippen LogP contribution in [-0.2, 0) is 33.3 Å². The average molecular weight is 1410 g/mol. The summed E-state index contributed by atoms with van der Waals surface area (Å²) >= 11 is 0. The molecule has 0 radical (unpaired) electrons.